The van der Waals surface area contributed by atoms with Crippen molar-refractivity contribution in [3.8, 4) is 0 Å². The topological polar surface area (TPSA) is 87.5 Å². The summed E-state index contributed by atoms with van der Waals surface area (Å²) in [6.07, 6.45) is 3.46. The lowest BCUT2D eigenvalue weighted by molar-refractivity contribution is -0.138. The minimum Gasteiger partial charge on any atom is -0.480 e. The Bertz CT molecular complexity index is 423. The lowest BCUT2D eigenvalue weighted by Gasteiger charge is -2.34. The average Bonchev–Trinajstić information content (AvgIpc) is 2.77. The summed E-state index contributed by atoms with van der Waals surface area (Å²) in [5, 5.41) is 15.5. The van der Waals surface area contributed by atoms with Gasteiger partial charge in [-0.3, -0.25) is 9.48 Å². The molecule has 0 bridgehead atoms. The summed E-state index contributed by atoms with van der Waals surface area (Å²) < 4.78 is 1.69. The van der Waals surface area contributed by atoms with Crippen molar-refractivity contribution in [3.63, 3.8) is 0 Å². The van der Waals surface area contributed by atoms with Gasteiger partial charge in [0.05, 0.1) is 6.54 Å². The maximum Gasteiger partial charge on any atom is 0.323 e. The fourth-order valence-electron chi connectivity index (χ4n) is 1.55. The quantitative estimate of drug-likeness (QED) is 0.826. The van der Waals surface area contributed by atoms with Crippen LogP contribution in [0.25, 0.3) is 0 Å². The molecule has 0 aliphatic heterocycles. The first kappa shape index (κ1) is 15.0. The number of carbonyl (C=O) groups excluding carboxylic acids is 1. The highest BCUT2D eigenvalue weighted by Crippen LogP contribution is 2.12. The van der Waals surface area contributed by atoms with Gasteiger partial charge in [0, 0.05) is 24.5 Å². The summed E-state index contributed by atoms with van der Waals surface area (Å²) in [5.74, 6) is -1.03. The number of rotatable bonds is 5. The molecule has 0 spiro atoms. The van der Waals surface area contributed by atoms with E-state index in [2.05, 4.69) is 10.4 Å². The highest BCUT2D eigenvalue weighted by molar-refractivity contribution is 5.80. The average molecular weight is 268 g/mol. The Hall–Kier alpha value is -2.05. The molecule has 0 aliphatic carbocycles. The molecule has 0 saturated heterocycles. The van der Waals surface area contributed by atoms with E-state index in [0.717, 1.165) is 0 Å². The number of nitrogens with one attached hydrogen (secondary N) is 1. The number of nitrogens with zero attached hydrogens (tertiary/aromatic N) is 3. The fraction of sp³-hybridized carbons (Fsp3) is 0.583. The maximum absolute atomic E-state index is 12.0. The molecule has 0 aliphatic rings. The molecule has 2 amide bonds. The second-order valence-corrected chi connectivity index (χ2v) is 5.15. The zero-order valence-corrected chi connectivity index (χ0v) is 11.5. The lowest BCUT2D eigenvalue weighted by Crippen LogP contribution is -2.52. The molecule has 0 saturated carbocycles. The number of hydrogen-bond acceptors (Lipinski definition) is 3. The monoisotopic (exact) mass is 268 g/mol. The van der Waals surface area contributed by atoms with Crippen LogP contribution < -0.4 is 5.32 Å². The molecular weight excluding hydrogens is 248 g/mol. The molecule has 0 aromatic carbocycles. The Morgan fingerprint density at radius 2 is 2.11 bits per heavy atom. The minimum atomic E-state index is -1.03. The molecule has 106 valence electrons. The zero-order valence-electron chi connectivity index (χ0n) is 11.5. The molecule has 1 heterocycles. The Kier molecular flexibility index (Phi) is 4.91. The summed E-state index contributed by atoms with van der Waals surface area (Å²) in [6.45, 7) is 6.00. The van der Waals surface area contributed by atoms with Crippen LogP contribution in [0.5, 0.6) is 0 Å². The van der Waals surface area contributed by atoms with Gasteiger partial charge in [0.1, 0.15) is 6.54 Å². The molecule has 0 fully saturated rings. The standard InChI is InChI=1S/C12H20N4O3/c1-12(2,3)16(9-10(17)18)11(19)13-6-8-15-7-4-5-14-15/h4-5,7H,6,8-9H2,1-3H3,(H,13,19)(H,17,18). The van der Waals surface area contributed by atoms with E-state index in [1.165, 1.54) is 4.90 Å². The molecule has 2 N–H and O–H groups in total. The predicted molar refractivity (Wildman–Crippen MR) is 69.7 cm³/mol. The third-order valence-corrected chi connectivity index (χ3v) is 2.52. The van der Waals surface area contributed by atoms with Gasteiger partial charge in [0.15, 0.2) is 0 Å². The van der Waals surface area contributed by atoms with E-state index >= 15 is 0 Å². The number of urea groups is 1. The van der Waals surface area contributed by atoms with E-state index in [1.807, 2.05) is 0 Å². The van der Waals surface area contributed by atoms with Crippen LogP contribution in [0.1, 0.15) is 20.8 Å². The van der Waals surface area contributed by atoms with Crippen molar-refractivity contribution in [1.82, 2.24) is 20.0 Å². The number of carboxylic acids is 1. The first-order chi connectivity index (χ1) is 8.80. The van der Waals surface area contributed by atoms with Gasteiger partial charge in [0.2, 0.25) is 0 Å². The van der Waals surface area contributed by atoms with Crippen molar-refractivity contribution in [2.75, 3.05) is 13.1 Å². The van der Waals surface area contributed by atoms with Gasteiger partial charge >= 0.3 is 12.0 Å². The molecule has 1 aromatic heterocycles. The van der Waals surface area contributed by atoms with Crippen LogP contribution in [0.15, 0.2) is 18.5 Å². The Balaban J connectivity index is 2.50. The molecule has 1 rings (SSSR count). The van der Waals surface area contributed by atoms with Crippen LogP contribution in [0.2, 0.25) is 0 Å². The van der Waals surface area contributed by atoms with E-state index in [-0.39, 0.29) is 12.6 Å². The molecule has 0 atom stereocenters. The van der Waals surface area contributed by atoms with Gasteiger partial charge in [0.25, 0.3) is 0 Å². The largest absolute Gasteiger partial charge is 0.480 e. The van der Waals surface area contributed by atoms with Crippen LogP contribution in [0.3, 0.4) is 0 Å². The Morgan fingerprint density at radius 1 is 1.42 bits per heavy atom. The van der Waals surface area contributed by atoms with E-state index in [1.54, 1.807) is 43.9 Å². The summed E-state index contributed by atoms with van der Waals surface area (Å²) in [7, 11) is 0. The fourth-order valence-corrected chi connectivity index (χ4v) is 1.55. The number of aliphatic carboxylic acids is 1. The van der Waals surface area contributed by atoms with Gasteiger partial charge in [-0.15, -0.1) is 0 Å². The van der Waals surface area contributed by atoms with E-state index < -0.39 is 11.5 Å². The molecule has 0 unspecified atom stereocenters. The lowest BCUT2D eigenvalue weighted by atomic mass is 10.1. The van der Waals surface area contributed by atoms with Crippen molar-refractivity contribution >= 4 is 12.0 Å². The highest BCUT2D eigenvalue weighted by atomic mass is 16.4. The SMILES string of the molecule is CC(C)(C)N(CC(=O)O)C(=O)NCCn1cccn1. The van der Waals surface area contributed by atoms with Crippen LogP contribution in [0.4, 0.5) is 4.79 Å². The summed E-state index contributed by atoms with van der Waals surface area (Å²) in [4.78, 5) is 24.1. The van der Waals surface area contributed by atoms with E-state index in [9.17, 15) is 9.59 Å². The second-order valence-electron chi connectivity index (χ2n) is 5.15. The second kappa shape index (κ2) is 6.21. The van der Waals surface area contributed by atoms with Crippen LogP contribution in [0, 0.1) is 0 Å². The molecule has 1 aromatic rings. The van der Waals surface area contributed by atoms with Crippen molar-refractivity contribution in [2.24, 2.45) is 0 Å². The van der Waals surface area contributed by atoms with E-state index in [4.69, 9.17) is 5.11 Å². The smallest absolute Gasteiger partial charge is 0.323 e. The van der Waals surface area contributed by atoms with Gasteiger partial charge in [-0.1, -0.05) is 0 Å². The Labute approximate surface area is 112 Å². The number of carbonyl (C=O) groups is 2. The summed E-state index contributed by atoms with van der Waals surface area (Å²) >= 11 is 0. The molecule has 19 heavy (non-hydrogen) atoms. The van der Waals surface area contributed by atoms with Crippen molar-refractivity contribution < 1.29 is 14.7 Å². The van der Waals surface area contributed by atoms with Crippen molar-refractivity contribution in [2.45, 2.75) is 32.9 Å². The van der Waals surface area contributed by atoms with Crippen LogP contribution in [-0.4, -0.2) is 50.4 Å². The van der Waals surface area contributed by atoms with Gasteiger partial charge in [-0.2, -0.15) is 5.10 Å². The van der Waals surface area contributed by atoms with Crippen molar-refractivity contribution in [1.29, 1.82) is 0 Å². The summed E-state index contributed by atoms with van der Waals surface area (Å²) in [5.41, 5.74) is -0.547. The molecule has 0 radical (unpaired) electrons. The van der Waals surface area contributed by atoms with Gasteiger partial charge in [-0.05, 0) is 26.8 Å². The first-order valence-electron chi connectivity index (χ1n) is 6.05. The molecular formula is C12H20N4O3. The third-order valence-electron chi connectivity index (χ3n) is 2.52. The number of aromatic nitrogens is 2. The Morgan fingerprint density at radius 3 is 2.58 bits per heavy atom. The summed E-state index contributed by atoms with van der Waals surface area (Å²) in [6, 6.07) is 1.41. The van der Waals surface area contributed by atoms with Crippen molar-refractivity contribution in [3.05, 3.63) is 18.5 Å². The van der Waals surface area contributed by atoms with Gasteiger partial charge < -0.3 is 15.3 Å². The van der Waals surface area contributed by atoms with Gasteiger partial charge in [-0.25, -0.2) is 4.79 Å². The third kappa shape index (κ3) is 4.99. The molecule has 7 heteroatoms. The zero-order chi connectivity index (χ0) is 14.5. The minimum absolute atomic E-state index is 0.322. The predicted octanol–water partition coefficient (Wildman–Crippen LogP) is 0.778. The first-order valence-corrected chi connectivity index (χ1v) is 6.05. The van der Waals surface area contributed by atoms with E-state index in [0.29, 0.717) is 13.1 Å². The normalized spacial score (nSPS) is 11.1. The number of carboxylic acid groups (broad SMARTS) is 1. The van der Waals surface area contributed by atoms with Crippen LogP contribution >= 0.6 is 0 Å². The maximum atomic E-state index is 12.0. The number of amides is 2. The highest BCUT2D eigenvalue weighted by Gasteiger charge is 2.28. The van der Waals surface area contributed by atoms with Crippen LogP contribution in [-0.2, 0) is 11.3 Å². The molecule has 7 nitrogen and oxygen atoms in total. The number of hydrogen-bond donors (Lipinski definition) is 2.